The van der Waals surface area contributed by atoms with Crippen LogP contribution in [0.5, 0.6) is 5.75 Å². The van der Waals surface area contributed by atoms with Gasteiger partial charge in [0.1, 0.15) is 11.8 Å². The first-order chi connectivity index (χ1) is 15.8. The second-order valence-corrected chi connectivity index (χ2v) is 9.44. The smallest absolute Gasteiger partial charge is 0.242 e. The summed E-state index contributed by atoms with van der Waals surface area (Å²) in [4.78, 5) is 13.3. The second kappa shape index (κ2) is 11.1. The van der Waals surface area contributed by atoms with Crippen LogP contribution in [0.25, 0.3) is 0 Å². The van der Waals surface area contributed by atoms with Crippen LogP contribution in [0.3, 0.4) is 0 Å². The molecule has 0 spiro atoms. The first-order valence-corrected chi connectivity index (χ1v) is 12.5. The molecule has 0 saturated carbocycles. The Morgan fingerprint density at radius 1 is 0.970 bits per heavy atom. The monoisotopic (exact) mass is 466 g/mol. The molecule has 3 aromatic rings. The lowest BCUT2D eigenvalue weighted by Crippen LogP contribution is -2.45. The Morgan fingerprint density at radius 2 is 1.67 bits per heavy atom. The molecule has 0 radical (unpaired) electrons. The minimum Gasteiger partial charge on any atom is -0.494 e. The van der Waals surface area contributed by atoms with E-state index in [1.807, 2.05) is 68.4 Å². The van der Waals surface area contributed by atoms with Gasteiger partial charge < -0.3 is 10.1 Å². The van der Waals surface area contributed by atoms with Gasteiger partial charge >= 0.3 is 0 Å². The van der Waals surface area contributed by atoms with Gasteiger partial charge in [-0.25, -0.2) is 8.42 Å². The zero-order valence-electron chi connectivity index (χ0n) is 19.2. The van der Waals surface area contributed by atoms with E-state index in [0.29, 0.717) is 23.6 Å². The van der Waals surface area contributed by atoms with Gasteiger partial charge in [-0.05, 0) is 67.6 Å². The summed E-state index contributed by atoms with van der Waals surface area (Å²) < 4.78 is 34.5. The Labute approximate surface area is 196 Å². The molecule has 2 N–H and O–H groups in total. The second-order valence-electron chi connectivity index (χ2n) is 7.72. The lowest BCUT2D eigenvalue weighted by molar-refractivity contribution is -0.117. The normalized spacial score (nSPS) is 12.2. The molecule has 6 nitrogen and oxygen atoms in total. The molecule has 174 valence electrons. The van der Waals surface area contributed by atoms with Crippen LogP contribution in [0.2, 0.25) is 0 Å². The highest BCUT2D eigenvalue weighted by Crippen LogP contribution is 2.23. The molecule has 0 saturated heterocycles. The number of sulfonamides is 1. The van der Waals surface area contributed by atoms with Crippen LogP contribution < -0.4 is 14.8 Å². The largest absolute Gasteiger partial charge is 0.494 e. The molecule has 0 fully saturated rings. The van der Waals surface area contributed by atoms with E-state index in [1.165, 1.54) is 6.07 Å². The van der Waals surface area contributed by atoms with E-state index in [2.05, 4.69) is 10.0 Å². The summed E-state index contributed by atoms with van der Waals surface area (Å²) in [6.45, 7) is 6.15. The summed E-state index contributed by atoms with van der Waals surface area (Å²) in [6, 6.07) is 20.5. The number of anilines is 1. The highest BCUT2D eigenvalue weighted by Gasteiger charge is 2.27. The summed E-state index contributed by atoms with van der Waals surface area (Å²) in [6.07, 6.45) is 0.965. The molecule has 3 aromatic carbocycles. The highest BCUT2D eigenvalue weighted by atomic mass is 32.2. The Kier molecular flexibility index (Phi) is 8.25. The lowest BCUT2D eigenvalue weighted by Gasteiger charge is -2.20. The summed E-state index contributed by atoms with van der Waals surface area (Å²) in [5.74, 6) is 0.220. The predicted molar refractivity (Wildman–Crippen MR) is 131 cm³/mol. The number of carbonyl (C=O) groups excluding carboxylic acids is 1. The van der Waals surface area contributed by atoms with Crippen molar-refractivity contribution < 1.29 is 17.9 Å². The number of para-hydroxylation sites is 1. The van der Waals surface area contributed by atoms with Gasteiger partial charge in [0.2, 0.25) is 15.9 Å². The van der Waals surface area contributed by atoms with Gasteiger partial charge in [0.15, 0.2) is 0 Å². The number of ether oxygens (including phenoxy) is 1. The van der Waals surface area contributed by atoms with E-state index in [9.17, 15) is 13.2 Å². The fourth-order valence-corrected chi connectivity index (χ4v) is 4.85. The number of aryl methyl sites for hydroxylation is 2. The molecule has 7 heteroatoms. The standard InChI is InChI=1S/C26H30N2O4S/c1-4-21-13-9-10-14-23(21)27-26(29)24(18-20-11-7-6-8-12-20)28-33(30,31)22-15-16-25(32-5-2)19(3)17-22/h6-17,24,28H,4-5,18H2,1-3H3,(H,27,29)/t24-/m1/s1. The summed E-state index contributed by atoms with van der Waals surface area (Å²) in [5, 5.41) is 2.91. The molecular weight excluding hydrogens is 436 g/mol. The average Bonchev–Trinajstić information content (AvgIpc) is 2.81. The number of amides is 1. The molecule has 33 heavy (non-hydrogen) atoms. The lowest BCUT2D eigenvalue weighted by atomic mass is 10.1. The summed E-state index contributed by atoms with van der Waals surface area (Å²) in [5.41, 5.74) is 3.22. The Balaban J connectivity index is 1.89. The van der Waals surface area contributed by atoms with E-state index in [0.717, 1.165) is 17.5 Å². The Morgan fingerprint density at radius 3 is 2.33 bits per heavy atom. The summed E-state index contributed by atoms with van der Waals surface area (Å²) in [7, 11) is -3.95. The molecule has 0 heterocycles. The van der Waals surface area contributed by atoms with Gasteiger partial charge in [-0.15, -0.1) is 0 Å². The van der Waals surface area contributed by atoms with E-state index in [-0.39, 0.29) is 11.3 Å². The molecule has 0 aliphatic carbocycles. The van der Waals surface area contributed by atoms with Crippen LogP contribution >= 0.6 is 0 Å². The molecular formula is C26H30N2O4S. The van der Waals surface area contributed by atoms with Crippen molar-refractivity contribution in [3.8, 4) is 5.75 Å². The van der Waals surface area contributed by atoms with Gasteiger partial charge in [-0.3, -0.25) is 4.79 Å². The Bertz CT molecular complexity index is 1190. The number of hydrogen-bond donors (Lipinski definition) is 2. The van der Waals surface area contributed by atoms with Crippen molar-refractivity contribution >= 4 is 21.6 Å². The quantitative estimate of drug-likeness (QED) is 0.461. The number of rotatable bonds is 10. The van der Waals surface area contributed by atoms with Crippen molar-refractivity contribution in [3.63, 3.8) is 0 Å². The van der Waals surface area contributed by atoms with Crippen LogP contribution in [0.1, 0.15) is 30.5 Å². The van der Waals surface area contributed by atoms with Crippen molar-refractivity contribution in [1.29, 1.82) is 0 Å². The number of benzene rings is 3. The first-order valence-electron chi connectivity index (χ1n) is 11.0. The Hall–Kier alpha value is -3.16. The van der Waals surface area contributed by atoms with Crippen molar-refractivity contribution in [2.75, 3.05) is 11.9 Å². The van der Waals surface area contributed by atoms with Gasteiger partial charge in [0, 0.05) is 5.69 Å². The molecule has 0 aliphatic heterocycles. The SMILES string of the molecule is CCOc1ccc(S(=O)(=O)N[C@H](Cc2ccccc2)C(=O)Nc2ccccc2CC)cc1C. The highest BCUT2D eigenvalue weighted by molar-refractivity contribution is 7.89. The first kappa shape index (κ1) is 24.5. The molecule has 0 unspecified atom stereocenters. The number of hydrogen-bond acceptors (Lipinski definition) is 4. The fraction of sp³-hybridized carbons (Fsp3) is 0.269. The third-order valence-corrected chi connectivity index (χ3v) is 6.78. The van der Waals surface area contributed by atoms with Crippen LogP contribution in [0, 0.1) is 6.92 Å². The molecule has 3 rings (SSSR count). The van der Waals surface area contributed by atoms with E-state index >= 15 is 0 Å². The predicted octanol–water partition coefficient (Wildman–Crippen LogP) is 4.48. The van der Waals surface area contributed by atoms with Gasteiger partial charge in [0.25, 0.3) is 0 Å². The maximum Gasteiger partial charge on any atom is 0.242 e. The molecule has 1 atom stereocenters. The third kappa shape index (κ3) is 6.43. The summed E-state index contributed by atoms with van der Waals surface area (Å²) >= 11 is 0. The van der Waals surface area contributed by atoms with Gasteiger partial charge in [0.05, 0.1) is 11.5 Å². The van der Waals surface area contributed by atoms with Gasteiger partial charge in [-0.2, -0.15) is 4.72 Å². The van der Waals surface area contributed by atoms with Crippen LogP contribution in [0.4, 0.5) is 5.69 Å². The van der Waals surface area contributed by atoms with Crippen molar-refractivity contribution in [1.82, 2.24) is 4.72 Å². The topological polar surface area (TPSA) is 84.5 Å². The van der Waals surface area contributed by atoms with Crippen LogP contribution in [-0.2, 0) is 27.7 Å². The van der Waals surface area contributed by atoms with Crippen molar-refractivity contribution in [2.24, 2.45) is 0 Å². The zero-order valence-corrected chi connectivity index (χ0v) is 20.0. The third-order valence-electron chi connectivity index (χ3n) is 5.31. The van der Waals surface area contributed by atoms with Crippen molar-refractivity contribution in [2.45, 2.75) is 44.6 Å². The van der Waals surface area contributed by atoms with E-state index in [4.69, 9.17) is 4.74 Å². The maximum absolute atomic E-state index is 13.2. The zero-order chi connectivity index (χ0) is 23.8. The van der Waals surface area contributed by atoms with E-state index < -0.39 is 22.0 Å². The van der Waals surface area contributed by atoms with Crippen molar-refractivity contribution in [3.05, 3.63) is 89.5 Å². The maximum atomic E-state index is 13.2. The van der Waals surface area contributed by atoms with Crippen LogP contribution in [0.15, 0.2) is 77.7 Å². The fourth-order valence-electron chi connectivity index (χ4n) is 3.57. The molecule has 0 bridgehead atoms. The molecule has 1 amide bonds. The average molecular weight is 467 g/mol. The van der Waals surface area contributed by atoms with E-state index in [1.54, 1.807) is 19.1 Å². The number of nitrogens with one attached hydrogen (secondary N) is 2. The minimum absolute atomic E-state index is 0.0864. The molecule has 0 aliphatic rings. The number of carbonyl (C=O) groups is 1. The minimum atomic E-state index is -3.95. The van der Waals surface area contributed by atoms with Crippen LogP contribution in [-0.4, -0.2) is 27.0 Å². The molecule has 0 aromatic heterocycles. The van der Waals surface area contributed by atoms with Gasteiger partial charge in [-0.1, -0.05) is 55.5 Å².